The molecular formula is C20H20N2O6. The Morgan fingerprint density at radius 2 is 1.68 bits per heavy atom. The van der Waals surface area contributed by atoms with E-state index in [2.05, 4.69) is 5.32 Å². The Bertz CT molecular complexity index is 849. The van der Waals surface area contributed by atoms with Crippen molar-refractivity contribution < 1.29 is 24.0 Å². The Hall–Kier alpha value is -3.55. The van der Waals surface area contributed by atoms with Gasteiger partial charge in [-0.15, -0.1) is 0 Å². The van der Waals surface area contributed by atoms with Crippen LogP contribution in [0.5, 0.6) is 0 Å². The van der Waals surface area contributed by atoms with Crippen molar-refractivity contribution in [3.63, 3.8) is 0 Å². The molecule has 0 aliphatic heterocycles. The van der Waals surface area contributed by atoms with Gasteiger partial charge in [-0.3, -0.25) is 24.5 Å². The molecular weight excluding hydrogens is 364 g/mol. The van der Waals surface area contributed by atoms with Gasteiger partial charge in [0.15, 0.2) is 6.10 Å². The van der Waals surface area contributed by atoms with E-state index >= 15 is 0 Å². The molecule has 2 rings (SSSR count). The predicted octanol–water partition coefficient (Wildman–Crippen LogP) is 3.52. The van der Waals surface area contributed by atoms with Crippen molar-refractivity contribution in [3.05, 3.63) is 70.3 Å². The third-order valence-corrected chi connectivity index (χ3v) is 3.88. The van der Waals surface area contributed by atoms with Crippen LogP contribution < -0.4 is 5.32 Å². The van der Waals surface area contributed by atoms with E-state index in [4.69, 9.17) is 4.74 Å². The van der Waals surface area contributed by atoms with Gasteiger partial charge in [-0.25, -0.2) is 0 Å². The lowest BCUT2D eigenvalue weighted by molar-refractivity contribution is -0.384. The van der Waals surface area contributed by atoms with Crippen LogP contribution in [-0.2, 0) is 14.3 Å². The molecule has 0 spiro atoms. The molecule has 1 atom stereocenters. The van der Waals surface area contributed by atoms with E-state index in [1.807, 2.05) is 0 Å². The van der Waals surface area contributed by atoms with Gasteiger partial charge in [-0.05, 0) is 25.5 Å². The van der Waals surface area contributed by atoms with Crippen LogP contribution in [0.3, 0.4) is 0 Å². The van der Waals surface area contributed by atoms with Gasteiger partial charge in [0, 0.05) is 36.2 Å². The second-order valence-corrected chi connectivity index (χ2v) is 6.07. The van der Waals surface area contributed by atoms with E-state index in [1.165, 1.54) is 31.2 Å². The molecule has 1 amide bonds. The van der Waals surface area contributed by atoms with E-state index < -0.39 is 17.0 Å². The standard InChI is InChI=1S/C20H20N2O6/c1-14(20(25)15-6-3-2-4-7-15)28-19(24)9-5-8-18(23)21-16-10-12-17(13-11-16)22(26)27/h2-4,6-7,10-14H,5,8-9H2,1H3,(H,21,23)/t14-/m1/s1. The van der Waals surface area contributed by atoms with Crippen LogP contribution in [0, 0.1) is 10.1 Å². The number of non-ortho nitro benzene ring substituents is 1. The van der Waals surface area contributed by atoms with E-state index in [-0.39, 0.29) is 36.6 Å². The third kappa shape index (κ3) is 6.31. The maximum absolute atomic E-state index is 12.1. The third-order valence-electron chi connectivity index (χ3n) is 3.88. The monoisotopic (exact) mass is 384 g/mol. The van der Waals surface area contributed by atoms with E-state index in [0.717, 1.165) is 0 Å². The zero-order chi connectivity index (χ0) is 20.5. The number of nitrogens with one attached hydrogen (secondary N) is 1. The normalized spacial score (nSPS) is 11.3. The topological polar surface area (TPSA) is 116 Å². The summed E-state index contributed by atoms with van der Waals surface area (Å²) in [7, 11) is 0. The lowest BCUT2D eigenvalue weighted by atomic mass is 10.1. The zero-order valence-corrected chi connectivity index (χ0v) is 15.3. The van der Waals surface area contributed by atoms with Crippen molar-refractivity contribution in [2.45, 2.75) is 32.3 Å². The lowest BCUT2D eigenvalue weighted by Gasteiger charge is -2.12. The second-order valence-electron chi connectivity index (χ2n) is 6.07. The molecule has 0 aliphatic rings. The number of carbonyl (C=O) groups is 3. The van der Waals surface area contributed by atoms with E-state index in [0.29, 0.717) is 11.3 Å². The highest BCUT2D eigenvalue weighted by atomic mass is 16.6. The fourth-order valence-corrected chi connectivity index (χ4v) is 2.43. The molecule has 0 heterocycles. The minimum Gasteiger partial charge on any atom is -0.454 e. The fraction of sp³-hybridized carbons (Fsp3) is 0.250. The van der Waals surface area contributed by atoms with Crippen molar-refractivity contribution in [2.24, 2.45) is 0 Å². The van der Waals surface area contributed by atoms with Crippen LogP contribution in [0.25, 0.3) is 0 Å². The molecule has 0 aliphatic carbocycles. The number of rotatable bonds is 9. The molecule has 0 radical (unpaired) electrons. The van der Waals surface area contributed by atoms with Gasteiger partial charge in [0.05, 0.1) is 4.92 Å². The number of anilines is 1. The number of carbonyl (C=O) groups excluding carboxylic acids is 3. The first kappa shape index (κ1) is 20.8. The molecule has 2 aromatic rings. The molecule has 0 fully saturated rings. The Balaban J connectivity index is 1.71. The molecule has 0 saturated heterocycles. The maximum Gasteiger partial charge on any atom is 0.306 e. The fourth-order valence-electron chi connectivity index (χ4n) is 2.43. The van der Waals surface area contributed by atoms with Crippen molar-refractivity contribution >= 4 is 29.0 Å². The summed E-state index contributed by atoms with van der Waals surface area (Å²) < 4.78 is 5.12. The predicted molar refractivity (Wildman–Crippen MR) is 102 cm³/mol. The summed E-state index contributed by atoms with van der Waals surface area (Å²) in [6.07, 6.45) is -0.569. The number of nitrogens with zero attached hydrogens (tertiary/aromatic N) is 1. The van der Waals surface area contributed by atoms with Gasteiger partial charge in [0.2, 0.25) is 11.7 Å². The van der Waals surface area contributed by atoms with Gasteiger partial charge in [-0.2, -0.15) is 0 Å². The van der Waals surface area contributed by atoms with Crippen molar-refractivity contribution in [1.82, 2.24) is 0 Å². The molecule has 0 saturated carbocycles. The number of Topliss-reactive ketones (excluding diaryl/α,β-unsaturated/α-hetero) is 1. The Labute approximate surface area is 161 Å². The zero-order valence-electron chi connectivity index (χ0n) is 15.3. The Morgan fingerprint density at radius 1 is 1.04 bits per heavy atom. The van der Waals surface area contributed by atoms with Gasteiger partial charge >= 0.3 is 5.97 Å². The smallest absolute Gasteiger partial charge is 0.306 e. The molecule has 8 heteroatoms. The lowest BCUT2D eigenvalue weighted by Crippen LogP contribution is -2.24. The number of hydrogen-bond acceptors (Lipinski definition) is 6. The number of benzene rings is 2. The highest BCUT2D eigenvalue weighted by Gasteiger charge is 2.19. The van der Waals surface area contributed by atoms with Crippen LogP contribution >= 0.6 is 0 Å². The van der Waals surface area contributed by atoms with Crippen LogP contribution in [0.15, 0.2) is 54.6 Å². The van der Waals surface area contributed by atoms with E-state index in [9.17, 15) is 24.5 Å². The molecule has 0 aromatic heterocycles. The van der Waals surface area contributed by atoms with E-state index in [1.54, 1.807) is 30.3 Å². The van der Waals surface area contributed by atoms with Crippen LogP contribution in [0.4, 0.5) is 11.4 Å². The van der Waals surface area contributed by atoms with Gasteiger partial charge < -0.3 is 10.1 Å². The van der Waals surface area contributed by atoms with Crippen LogP contribution in [0.2, 0.25) is 0 Å². The number of esters is 1. The quantitative estimate of drug-likeness (QED) is 0.306. The largest absolute Gasteiger partial charge is 0.454 e. The summed E-state index contributed by atoms with van der Waals surface area (Å²) in [4.78, 5) is 46.0. The highest BCUT2D eigenvalue weighted by Crippen LogP contribution is 2.16. The molecule has 146 valence electrons. The summed E-state index contributed by atoms with van der Waals surface area (Å²) in [5.41, 5.74) is 0.824. The average molecular weight is 384 g/mol. The van der Waals surface area contributed by atoms with Crippen LogP contribution in [0.1, 0.15) is 36.5 Å². The van der Waals surface area contributed by atoms with Crippen LogP contribution in [-0.4, -0.2) is 28.7 Å². The van der Waals surface area contributed by atoms with Gasteiger partial charge in [0.1, 0.15) is 0 Å². The minimum absolute atomic E-state index is 0.0000904. The van der Waals surface area contributed by atoms with Gasteiger partial charge in [0.25, 0.3) is 5.69 Å². The summed E-state index contributed by atoms with van der Waals surface area (Å²) in [6.45, 7) is 1.51. The first-order valence-corrected chi connectivity index (χ1v) is 8.70. The number of ketones is 1. The Kier molecular flexibility index (Phi) is 7.38. The number of ether oxygens (including phenoxy) is 1. The Morgan fingerprint density at radius 3 is 2.29 bits per heavy atom. The van der Waals surface area contributed by atoms with Crippen molar-refractivity contribution in [2.75, 3.05) is 5.32 Å². The number of hydrogen-bond donors (Lipinski definition) is 1. The number of nitro benzene ring substituents is 1. The highest BCUT2D eigenvalue weighted by molar-refractivity contribution is 6.00. The first-order valence-electron chi connectivity index (χ1n) is 8.70. The molecule has 28 heavy (non-hydrogen) atoms. The molecule has 8 nitrogen and oxygen atoms in total. The van der Waals surface area contributed by atoms with Crippen molar-refractivity contribution in [3.8, 4) is 0 Å². The molecule has 1 N–H and O–H groups in total. The second kappa shape index (κ2) is 9.96. The van der Waals surface area contributed by atoms with Gasteiger partial charge in [-0.1, -0.05) is 30.3 Å². The summed E-state index contributed by atoms with van der Waals surface area (Å²) >= 11 is 0. The van der Waals surface area contributed by atoms with Crippen molar-refractivity contribution in [1.29, 1.82) is 0 Å². The first-order chi connectivity index (χ1) is 13.4. The molecule has 0 bridgehead atoms. The summed E-state index contributed by atoms with van der Waals surface area (Å²) in [5.74, 6) is -1.17. The molecule has 2 aromatic carbocycles. The maximum atomic E-state index is 12.1. The summed E-state index contributed by atoms with van der Waals surface area (Å²) in [6, 6.07) is 14.0. The number of nitro groups is 1. The average Bonchev–Trinajstić information content (AvgIpc) is 2.68. The number of amides is 1. The molecule has 0 unspecified atom stereocenters. The minimum atomic E-state index is -0.899. The summed E-state index contributed by atoms with van der Waals surface area (Å²) in [5, 5.41) is 13.2. The SMILES string of the molecule is C[C@@H](OC(=O)CCCC(=O)Nc1ccc([N+](=O)[O-])cc1)C(=O)c1ccccc1.